The summed E-state index contributed by atoms with van der Waals surface area (Å²) in [6.07, 6.45) is 1.63. The van der Waals surface area contributed by atoms with E-state index in [9.17, 15) is 14.9 Å². The van der Waals surface area contributed by atoms with Gasteiger partial charge in [0.1, 0.15) is 0 Å². The van der Waals surface area contributed by atoms with Crippen LogP contribution in [0.25, 0.3) is 0 Å². The van der Waals surface area contributed by atoms with E-state index >= 15 is 0 Å². The van der Waals surface area contributed by atoms with Gasteiger partial charge in [-0.05, 0) is 24.7 Å². The second-order valence-corrected chi connectivity index (χ2v) is 4.43. The van der Waals surface area contributed by atoms with Crippen LogP contribution in [0.4, 0.5) is 5.82 Å². The lowest BCUT2D eigenvalue weighted by atomic mass is 10.0. The van der Waals surface area contributed by atoms with E-state index < -0.39 is 4.92 Å². The number of nitrogens with zero attached hydrogens (tertiary/aromatic N) is 3. The van der Waals surface area contributed by atoms with Gasteiger partial charge in [0.2, 0.25) is 5.91 Å². The minimum atomic E-state index is -0.522. The molecule has 1 aromatic heterocycles. The Morgan fingerprint density at radius 1 is 1.53 bits per heavy atom. The topological polar surface area (TPSA) is 90.1 Å². The molecule has 0 saturated carbocycles. The molecular weight excluding hydrogens is 248 g/mol. The molecule has 7 nitrogen and oxygen atoms in total. The number of rotatable bonds is 7. The first-order valence-electron chi connectivity index (χ1n) is 6.46. The summed E-state index contributed by atoms with van der Waals surface area (Å²) in [5, 5.41) is 17.3. The summed E-state index contributed by atoms with van der Waals surface area (Å²) in [6, 6.07) is 1.42. The quantitative estimate of drug-likeness (QED) is 0.601. The first-order valence-corrected chi connectivity index (χ1v) is 6.46. The zero-order valence-electron chi connectivity index (χ0n) is 11.5. The van der Waals surface area contributed by atoms with E-state index in [0.29, 0.717) is 18.8 Å². The van der Waals surface area contributed by atoms with Crippen molar-refractivity contribution in [3.63, 3.8) is 0 Å². The number of hydrogen-bond donors (Lipinski definition) is 1. The van der Waals surface area contributed by atoms with Gasteiger partial charge in [0, 0.05) is 12.5 Å². The van der Waals surface area contributed by atoms with E-state index in [-0.39, 0.29) is 17.6 Å². The van der Waals surface area contributed by atoms with Gasteiger partial charge in [0.15, 0.2) is 0 Å². The molecule has 0 unspecified atom stereocenters. The number of carbonyl (C=O) groups is 1. The van der Waals surface area contributed by atoms with E-state index in [4.69, 9.17) is 0 Å². The molecule has 0 aliphatic heterocycles. The number of nitro groups is 1. The molecule has 1 aromatic rings. The van der Waals surface area contributed by atoms with Crippen molar-refractivity contribution in [3.05, 3.63) is 21.9 Å². The summed E-state index contributed by atoms with van der Waals surface area (Å²) >= 11 is 0. The fourth-order valence-electron chi connectivity index (χ4n) is 1.90. The van der Waals surface area contributed by atoms with Crippen molar-refractivity contribution < 1.29 is 9.72 Å². The van der Waals surface area contributed by atoms with Crippen LogP contribution in [0.5, 0.6) is 0 Å². The lowest BCUT2D eigenvalue weighted by molar-refractivity contribution is -0.389. The molecule has 0 bridgehead atoms. The highest BCUT2D eigenvalue weighted by molar-refractivity contribution is 5.78. The average molecular weight is 268 g/mol. The molecule has 0 aliphatic carbocycles. The van der Waals surface area contributed by atoms with E-state index in [1.165, 1.54) is 10.7 Å². The smallest absolute Gasteiger partial charge is 0.358 e. The second-order valence-electron chi connectivity index (χ2n) is 4.43. The van der Waals surface area contributed by atoms with Gasteiger partial charge in [-0.25, -0.2) is 0 Å². The monoisotopic (exact) mass is 268 g/mol. The molecule has 19 heavy (non-hydrogen) atoms. The zero-order valence-corrected chi connectivity index (χ0v) is 11.5. The van der Waals surface area contributed by atoms with Crippen LogP contribution in [0, 0.1) is 23.0 Å². The summed E-state index contributed by atoms with van der Waals surface area (Å²) < 4.78 is 1.53. The van der Waals surface area contributed by atoms with Crippen molar-refractivity contribution >= 4 is 11.7 Å². The number of nitrogens with one attached hydrogen (secondary N) is 1. The van der Waals surface area contributed by atoms with Crippen LogP contribution in [-0.2, 0) is 11.3 Å². The predicted octanol–water partition coefficient (Wildman–Crippen LogP) is 1.65. The third-order valence-corrected chi connectivity index (χ3v) is 3.13. The van der Waals surface area contributed by atoms with Crippen LogP contribution in [0.2, 0.25) is 0 Å². The Kier molecular flexibility index (Phi) is 5.47. The number of carbonyl (C=O) groups excluding carboxylic acids is 1. The zero-order chi connectivity index (χ0) is 14.4. The Morgan fingerprint density at radius 2 is 2.16 bits per heavy atom. The molecule has 0 aliphatic rings. The van der Waals surface area contributed by atoms with Crippen LogP contribution in [0.1, 0.15) is 32.4 Å². The van der Waals surface area contributed by atoms with Crippen molar-refractivity contribution in [2.24, 2.45) is 5.92 Å². The van der Waals surface area contributed by atoms with Crippen molar-refractivity contribution in [1.29, 1.82) is 0 Å². The van der Waals surface area contributed by atoms with Crippen LogP contribution < -0.4 is 5.32 Å². The maximum absolute atomic E-state index is 11.7. The number of aromatic nitrogens is 2. The molecule has 0 radical (unpaired) electrons. The fourth-order valence-corrected chi connectivity index (χ4v) is 1.90. The summed E-state index contributed by atoms with van der Waals surface area (Å²) in [5.41, 5.74) is 0.712. The number of hydrogen-bond acceptors (Lipinski definition) is 4. The Morgan fingerprint density at radius 3 is 2.63 bits per heavy atom. The van der Waals surface area contributed by atoms with Gasteiger partial charge in [-0.3, -0.25) is 4.79 Å². The third-order valence-electron chi connectivity index (χ3n) is 3.13. The SMILES string of the molecule is CCC(CC)C(=O)NCCn1nc([N+](=O)[O-])cc1C. The number of amides is 1. The normalized spacial score (nSPS) is 10.7. The molecule has 0 atom stereocenters. The van der Waals surface area contributed by atoms with Gasteiger partial charge in [0.25, 0.3) is 0 Å². The molecular formula is C12H20N4O3. The standard InChI is InChI=1S/C12H20N4O3/c1-4-10(5-2)12(17)13-6-7-15-9(3)8-11(14-15)16(18)19/h8,10H,4-7H2,1-3H3,(H,13,17). The maximum Gasteiger partial charge on any atom is 0.390 e. The predicted molar refractivity (Wildman–Crippen MR) is 70.7 cm³/mol. The Hall–Kier alpha value is -1.92. The van der Waals surface area contributed by atoms with Gasteiger partial charge in [-0.15, -0.1) is 0 Å². The van der Waals surface area contributed by atoms with E-state index in [0.717, 1.165) is 12.8 Å². The molecule has 1 heterocycles. The Labute approximate surface area is 112 Å². The van der Waals surface area contributed by atoms with Crippen LogP contribution in [-0.4, -0.2) is 27.2 Å². The minimum Gasteiger partial charge on any atom is -0.358 e. The van der Waals surface area contributed by atoms with Crippen molar-refractivity contribution in [2.45, 2.75) is 40.2 Å². The minimum absolute atomic E-state index is 0.0318. The first-order chi connectivity index (χ1) is 8.99. The average Bonchev–Trinajstić information content (AvgIpc) is 2.73. The van der Waals surface area contributed by atoms with Crippen molar-refractivity contribution in [1.82, 2.24) is 15.1 Å². The Bertz CT molecular complexity index is 452. The lowest BCUT2D eigenvalue weighted by Gasteiger charge is -2.12. The summed E-state index contributed by atoms with van der Waals surface area (Å²) in [7, 11) is 0. The highest BCUT2D eigenvalue weighted by Gasteiger charge is 2.16. The van der Waals surface area contributed by atoms with Gasteiger partial charge in [-0.1, -0.05) is 13.8 Å². The van der Waals surface area contributed by atoms with E-state index in [1.807, 2.05) is 13.8 Å². The van der Waals surface area contributed by atoms with Crippen molar-refractivity contribution in [2.75, 3.05) is 6.54 Å². The third kappa shape index (κ3) is 4.04. The van der Waals surface area contributed by atoms with Crippen LogP contribution in [0.3, 0.4) is 0 Å². The van der Waals surface area contributed by atoms with Gasteiger partial charge >= 0.3 is 5.82 Å². The molecule has 7 heteroatoms. The number of aryl methyl sites for hydroxylation is 1. The van der Waals surface area contributed by atoms with Crippen molar-refractivity contribution in [3.8, 4) is 0 Å². The summed E-state index contributed by atoms with van der Waals surface area (Å²) in [4.78, 5) is 21.8. The second kappa shape index (κ2) is 6.86. The summed E-state index contributed by atoms with van der Waals surface area (Å²) in [6.45, 7) is 6.58. The molecule has 0 fully saturated rings. The molecule has 0 saturated heterocycles. The van der Waals surface area contributed by atoms with Gasteiger partial charge in [-0.2, -0.15) is 4.68 Å². The molecule has 0 spiro atoms. The molecule has 106 valence electrons. The molecule has 1 rings (SSSR count). The highest BCUT2D eigenvalue weighted by Crippen LogP contribution is 2.10. The lowest BCUT2D eigenvalue weighted by Crippen LogP contribution is -2.32. The molecule has 1 amide bonds. The van der Waals surface area contributed by atoms with Crippen LogP contribution in [0.15, 0.2) is 6.07 Å². The molecule has 1 N–H and O–H groups in total. The van der Waals surface area contributed by atoms with E-state index in [1.54, 1.807) is 6.92 Å². The van der Waals surface area contributed by atoms with E-state index in [2.05, 4.69) is 10.4 Å². The first kappa shape index (κ1) is 15.1. The summed E-state index contributed by atoms with van der Waals surface area (Å²) in [5.74, 6) is -0.0961. The maximum atomic E-state index is 11.7. The fraction of sp³-hybridized carbons (Fsp3) is 0.667. The largest absolute Gasteiger partial charge is 0.390 e. The Balaban J connectivity index is 2.49. The van der Waals surface area contributed by atoms with Crippen LogP contribution >= 0.6 is 0 Å². The van der Waals surface area contributed by atoms with Gasteiger partial charge in [0.05, 0.1) is 23.4 Å². The highest BCUT2D eigenvalue weighted by atomic mass is 16.6. The van der Waals surface area contributed by atoms with Gasteiger partial charge < -0.3 is 15.4 Å². The molecule has 0 aromatic carbocycles.